The molecule has 2 heteroatoms. The molecule has 0 heterocycles. The lowest BCUT2D eigenvalue weighted by atomic mass is 10.0. The van der Waals surface area contributed by atoms with E-state index in [4.69, 9.17) is 0 Å². The summed E-state index contributed by atoms with van der Waals surface area (Å²) < 4.78 is 0. The number of rotatable bonds is 8. The fourth-order valence-electron chi connectivity index (χ4n) is 2.31. The number of nitrogens with zero attached hydrogens (tertiary/aromatic N) is 1. The van der Waals surface area contributed by atoms with Gasteiger partial charge in [-0.15, -0.1) is 0 Å². The smallest absolute Gasteiger partial charge is 0.0446 e. The molecule has 1 aromatic rings. The monoisotopic (exact) mass is 248 g/mol. The molecule has 0 bridgehead atoms. The first-order valence-corrected chi connectivity index (χ1v) is 7.23. The average molecular weight is 248 g/mol. The summed E-state index contributed by atoms with van der Waals surface area (Å²) >= 11 is 0. The zero-order valence-corrected chi connectivity index (χ0v) is 12.4. The van der Waals surface area contributed by atoms with Crippen LogP contribution in [0.2, 0.25) is 0 Å². The Kier molecular flexibility index (Phi) is 6.99. The Morgan fingerprint density at radius 1 is 1.06 bits per heavy atom. The van der Waals surface area contributed by atoms with Gasteiger partial charge in [0.1, 0.15) is 0 Å². The summed E-state index contributed by atoms with van der Waals surface area (Å²) in [6.45, 7) is 9.98. The van der Waals surface area contributed by atoms with Crippen molar-refractivity contribution in [3.8, 4) is 0 Å². The van der Waals surface area contributed by atoms with Crippen molar-refractivity contribution in [2.45, 2.75) is 39.7 Å². The molecule has 0 aliphatic rings. The summed E-state index contributed by atoms with van der Waals surface area (Å²) in [4.78, 5) is 2.46. The van der Waals surface area contributed by atoms with Crippen molar-refractivity contribution in [3.63, 3.8) is 0 Å². The fraction of sp³-hybridized carbons (Fsp3) is 0.625. The van der Waals surface area contributed by atoms with E-state index >= 15 is 0 Å². The summed E-state index contributed by atoms with van der Waals surface area (Å²) in [5.41, 5.74) is 2.84. The normalized spacial score (nSPS) is 12.9. The highest BCUT2D eigenvalue weighted by molar-refractivity contribution is 5.25. The Bertz CT molecular complexity index is 314. The molecule has 0 fully saturated rings. The third kappa shape index (κ3) is 4.43. The van der Waals surface area contributed by atoms with E-state index in [1.54, 1.807) is 0 Å². The summed E-state index contributed by atoms with van der Waals surface area (Å²) in [7, 11) is 2.05. The largest absolute Gasteiger partial charge is 0.312 e. The summed E-state index contributed by atoms with van der Waals surface area (Å²) in [6.07, 6.45) is 2.40. The Hall–Kier alpha value is -0.860. The molecule has 1 unspecified atom stereocenters. The number of hydrogen-bond acceptors (Lipinski definition) is 2. The van der Waals surface area contributed by atoms with E-state index < -0.39 is 0 Å². The van der Waals surface area contributed by atoms with Crippen LogP contribution >= 0.6 is 0 Å². The maximum absolute atomic E-state index is 3.43. The van der Waals surface area contributed by atoms with Crippen LogP contribution in [0.3, 0.4) is 0 Å². The molecule has 0 aliphatic carbocycles. The second-order valence-electron chi connectivity index (χ2n) is 4.82. The van der Waals surface area contributed by atoms with Crippen molar-refractivity contribution < 1.29 is 0 Å². The third-order valence-corrected chi connectivity index (χ3v) is 3.60. The van der Waals surface area contributed by atoms with E-state index in [0.717, 1.165) is 19.6 Å². The van der Waals surface area contributed by atoms with Crippen molar-refractivity contribution in [2.24, 2.45) is 0 Å². The Balaban J connectivity index is 2.69. The van der Waals surface area contributed by atoms with E-state index in [1.807, 2.05) is 7.05 Å². The van der Waals surface area contributed by atoms with Gasteiger partial charge in [-0.05, 0) is 37.7 Å². The number of nitrogens with one attached hydrogen (secondary N) is 1. The van der Waals surface area contributed by atoms with Crippen LogP contribution in [0.15, 0.2) is 24.3 Å². The molecule has 0 amide bonds. The SMILES string of the molecule is CCCc1ccc(C(CN(CC)CC)NC)cc1. The summed E-state index contributed by atoms with van der Waals surface area (Å²) in [5, 5.41) is 3.43. The molecule has 102 valence electrons. The van der Waals surface area contributed by atoms with Gasteiger partial charge in [-0.3, -0.25) is 0 Å². The van der Waals surface area contributed by atoms with Gasteiger partial charge < -0.3 is 10.2 Å². The molecule has 0 spiro atoms. The minimum Gasteiger partial charge on any atom is -0.312 e. The van der Waals surface area contributed by atoms with Crippen LogP contribution in [-0.2, 0) is 6.42 Å². The van der Waals surface area contributed by atoms with Crippen LogP contribution in [0, 0.1) is 0 Å². The van der Waals surface area contributed by atoms with Gasteiger partial charge >= 0.3 is 0 Å². The van der Waals surface area contributed by atoms with Gasteiger partial charge in [0.05, 0.1) is 0 Å². The van der Waals surface area contributed by atoms with Crippen molar-refractivity contribution in [1.82, 2.24) is 10.2 Å². The molecule has 1 rings (SSSR count). The zero-order valence-electron chi connectivity index (χ0n) is 12.4. The second-order valence-corrected chi connectivity index (χ2v) is 4.82. The predicted octanol–water partition coefficient (Wildman–Crippen LogP) is 3.24. The lowest BCUT2D eigenvalue weighted by molar-refractivity contribution is 0.271. The number of aryl methyl sites for hydroxylation is 1. The number of benzene rings is 1. The quantitative estimate of drug-likeness (QED) is 0.760. The molecule has 1 atom stereocenters. The topological polar surface area (TPSA) is 15.3 Å². The van der Waals surface area contributed by atoms with E-state index in [2.05, 4.69) is 55.3 Å². The molecule has 0 aromatic heterocycles. The standard InChI is InChI=1S/C16H28N2/c1-5-8-14-9-11-15(12-10-14)16(17-4)13-18(6-2)7-3/h9-12,16-17H,5-8,13H2,1-4H3. The lowest BCUT2D eigenvalue weighted by Crippen LogP contribution is -2.33. The first-order valence-electron chi connectivity index (χ1n) is 7.23. The first kappa shape index (κ1) is 15.2. The average Bonchev–Trinajstić information content (AvgIpc) is 2.42. The van der Waals surface area contributed by atoms with Crippen LogP contribution < -0.4 is 5.32 Å². The zero-order chi connectivity index (χ0) is 13.4. The van der Waals surface area contributed by atoms with Crippen molar-refractivity contribution in [3.05, 3.63) is 35.4 Å². The van der Waals surface area contributed by atoms with Gasteiger partial charge in [-0.1, -0.05) is 51.5 Å². The summed E-state index contributed by atoms with van der Waals surface area (Å²) in [6, 6.07) is 9.52. The van der Waals surface area contributed by atoms with Gasteiger partial charge in [0.15, 0.2) is 0 Å². The van der Waals surface area contributed by atoms with Gasteiger partial charge in [-0.25, -0.2) is 0 Å². The highest BCUT2D eigenvalue weighted by atomic mass is 15.1. The lowest BCUT2D eigenvalue weighted by Gasteiger charge is -2.25. The third-order valence-electron chi connectivity index (χ3n) is 3.60. The first-order chi connectivity index (χ1) is 8.74. The molecular formula is C16H28N2. The molecule has 18 heavy (non-hydrogen) atoms. The van der Waals surface area contributed by atoms with Gasteiger partial charge in [0, 0.05) is 12.6 Å². The Morgan fingerprint density at radius 2 is 1.67 bits per heavy atom. The van der Waals surface area contributed by atoms with E-state index in [9.17, 15) is 0 Å². The maximum atomic E-state index is 3.43. The second kappa shape index (κ2) is 8.28. The van der Waals surface area contributed by atoms with Crippen LogP contribution in [0.25, 0.3) is 0 Å². The molecule has 0 aliphatic heterocycles. The van der Waals surface area contributed by atoms with Crippen LogP contribution in [0.4, 0.5) is 0 Å². The maximum Gasteiger partial charge on any atom is 0.0446 e. The Morgan fingerprint density at radius 3 is 2.11 bits per heavy atom. The number of hydrogen-bond donors (Lipinski definition) is 1. The molecule has 0 saturated carbocycles. The minimum absolute atomic E-state index is 0.431. The molecule has 0 radical (unpaired) electrons. The van der Waals surface area contributed by atoms with Gasteiger partial charge in [0.2, 0.25) is 0 Å². The van der Waals surface area contributed by atoms with Crippen molar-refractivity contribution in [2.75, 3.05) is 26.7 Å². The minimum atomic E-state index is 0.431. The van der Waals surface area contributed by atoms with E-state index in [-0.39, 0.29) is 0 Å². The molecule has 2 nitrogen and oxygen atoms in total. The molecule has 1 aromatic carbocycles. The van der Waals surface area contributed by atoms with Crippen molar-refractivity contribution >= 4 is 0 Å². The molecule has 1 N–H and O–H groups in total. The van der Waals surface area contributed by atoms with Crippen LogP contribution in [0.5, 0.6) is 0 Å². The highest BCUT2D eigenvalue weighted by Gasteiger charge is 2.12. The molecular weight excluding hydrogens is 220 g/mol. The Labute approximate surface area is 112 Å². The van der Waals surface area contributed by atoms with Gasteiger partial charge in [0.25, 0.3) is 0 Å². The van der Waals surface area contributed by atoms with Crippen LogP contribution in [-0.4, -0.2) is 31.6 Å². The highest BCUT2D eigenvalue weighted by Crippen LogP contribution is 2.16. The molecule has 0 saturated heterocycles. The fourth-order valence-corrected chi connectivity index (χ4v) is 2.31. The van der Waals surface area contributed by atoms with E-state index in [1.165, 1.54) is 24.0 Å². The van der Waals surface area contributed by atoms with Gasteiger partial charge in [-0.2, -0.15) is 0 Å². The van der Waals surface area contributed by atoms with E-state index in [0.29, 0.717) is 6.04 Å². The predicted molar refractivity (Wildman–Crippen MR) is 80.0 cm³/mol. The van der Waals surface area contributed by atoms with Crippen molar-refractivity contribution in [1.29, 1.82) is 0 Å². The van der Waals surface area contributed by atoms with Crippen LogP contribution in [0.1, 0.15) is 44.4 Å². The summed E-state index contributed by atoms with van der Waals surface area (Å²) in [5.74, 6) is 0. The number of likely N-dealkylation sites (N-methyl/N-ethyl adjacent to an activating group) is 2.